The normalized spacial score (nSPS) is 21.8. The van der Waals surface area contributed by atoms with Crippen LogP contribution in [0.4, 0.5) is 13.2 Å². The molecule has 0 radical (unpaired) electrons. The van der Waals surface area contributed by atoms with Crippen LogP contribution in [0.25, 0.3) is 11.3 Å². The lowest BCUT2D eigenvalue weighted by Gasteiger charge is -2.27. The standard InChI is InChI=1S/C21H20F3N5/c22-21(23,24)16-8-6-14(7-9-16)11-28-12-17-19(13-28)29-18(10-25-17)20(26-27-29)15-4-2-1-3-5-15/h1-9,17,19,25H,10-13H2/t17-,19-/m1/s1. The molecular formula is C21H20F3N5. The minimum absolute atomic E-state index is 0.165. The van der Waals surface area contributed by atoms with Crippen molar-refractivity contribution in [2.45, 2.75) is 31.3 Å². The van der Waals surface area contributed by atoms with Crippen molar-refractivity contribution >= 4 is 0 Å². The molecule has 1 N–H and O–H groups in total. The van der Waals surface area contributed by atoms with Crippen molar-refractivity contribution < 1.29 is 13.2 Å². The number of likely N-dealkylation sites (tertiary alicyclic amines) is 1. The summed E-state index contributed by atoms with van der Waals surface area (Å²) in [6.07, 6.45) is -4.30. The van der Waals surface area contributed by atoms with Gasteiger partial charge in [0.1, 0.15) is 5.69 Å². The number of hydrogen-bond donors (Lipinski definition) is 1. The summed E-state index contributed by atoms with van der Waals surface area (Å²) < 4.78 is 40.3. The van der Waals surface area contributed by atoms with Gasteiger partial charge in [-0.2, -0.15) is 13.2 Å². The van der Waals surface area contributed by atoms with Gasteiger partial charge in [-0.1, -0.05) is 47.7 Å². The summed E-state index contributed by atoms with van der Waals surface area (Å²) in [6.45, 7) is 2.92. The van der Waals surface area contributed by atoms with Crippen LogP contribution >= 0.6 is 0 Å². The number of halogens is 3. The second kappa shape index (κ2) is 6.96. The Balaban J connectivity index is 1.32. The van der Waals surface area contributed by atoms with Crippen LogP contribution in [0, 0.1) is 0 Å². The van der Waals surface area contributed by atoms with Crippen LogP contribution in [0.3, 0.4) is 0 Å². The summed E-state index contributed by atoms with van der Waals surface area (Å²) in [5.74, 6) is 0. The maximum Gasteiger partial charge on any atom is 0.416 e. The Kier molecular flexibility index (Phi) is 4.40. The summed E-state index contributed by atoms with van der Waals surface area (Å²) in [4.78, 5) is 2.25. The average Bonchev–Trinajstić information content (AvgIpc) is 3.31. The van der Waals surface area contributed by atoms with Crippen LogP contribution in [-0.4, -0.2) is 39.0 Å². The molecule has 5 nitrogen and oxygen atoms in total. The predicted octanol–water partition coefficient (Wildman–Crippen LogP) is 3.49. The first-order chi connectivity index (χ1) is 14.0. The fourth-order valence-corrected chi connectivity index (χ4v) is 4.29. The predicted molar refractivity (Wildman–Crippen MR) is 102 cm³/mol. The Labute approximate surface area is 166 Å². The molecule has 150 valence electrons. The number of nitrogens with zero attached hydrogens (tertiary/aromatic N) is 4. The lowest BCUT2D eigenvalue weighted by molar-refractivity contribution is -0.137. The van der Waals surface area contributed by atoms with Gasteiger partial charge in [-0.25, -0.2) is 4.68 Å². The van der Waals surface area contributed by atoms with Crippen LogP contribution in [0.1, 0.15) is 22.9 Å². The van der Waals surface area contributed by atoms with Gasteiger partial charge in [-0.15, -0.1) is 5.10 Å². The molecule has 1 aromatic heterocycles. The third-order valence-electron chi connectivity index (χ3n) is 5.74. The molecule has 29 heavy (non-hydrogen) atoms. The SMILES string of the molecule is FC(F)(F)c1ccc(CN2C[C@@H]3[C@@H](C2)NCc2c(-c4ccccc4)nnn23)cc1. The number of nitrogens with one attached hydrogen (secondary N) is 1. The van der Waals surface area contributed by atoms with Crippen molar-refractivity contribution in [3.8, 4) is 11.3 Å². The Bertz CT molecular complexity index is 997. The molecule has 0 saturated carbocycles. The fraction of sp³-hybridized carbons (Fsp3) is 0.333. The van der Waals surface area contributed by atoms with Crippen molar-refractivity contribution in [2.75, 3.05) is 13.1 Å². The highest BCUT2D eigenvalue weighted by atomic mass is 19.4. The van der Waals surface area contributed by atoms with Crippen molar-refractivity contribution in [2.24, 2.45) is 0 Å². The molecule has 2 aromatic carbocycles. The first-order valence-electron chi connectivity index (χ1n) is 9.60. The van der Waals surface area contributed by atoms with Crippen LogP contribution in [0.2, 0.25) is 0 Å². The van der Waals surface area contributed by atoms with Gasteiger partial charge in [0.15, 0.2) is 0 Å². The Morgan fingerprint density at radius 1 is 1.00 bits per heavy atom. The quantitative estimate of drug-likeness (QED) is 0.733. The van der Waals surface area contributed by atoms with Gasteiger partial charge in [0, 0.05) is 37.8 Å². The minimum atomic E-state index is -4.30. The zero-order chi connectivity index (χ0) is 20.0. The van der Waals surface area contributed by atoms with E-state index < -0.39 is 11.7 Å². The highest BCUT2D eigenvalue weighted by Crippen LogP contribution is 2.33. The molecule has 1 fully saturated rings. The average molecular weight is 399 g/mol. The summed E-state index contributed by atoms with van der Waals surface area (Å²) in [5.41, 5.74) is 3.29. The monoisotopic (exact) mass is 399 g/mol. The Morgan fingerprint density at radius 2 is 1.76 bits per heavy atom. The van der Waals surface area contributed by atoms with Crippen molar-refractivity contribution in [3.63, 3.8) is 0 Å². The van der Waals surface area contributed by atoms with Gasteiger partial charge in [-0.3, -0.25) is 4.90 Å². The molecule has 3 aromatic rings. The molecule has 0 aliphatic carbocycles. The zero-order valence-electron chi connectivity index (χ0n) is 15.6. The topological polar surface area (TPSA) is 46.0 Å². The second-order valence-corrected chi connectivity index (χ2v) is 7.64. The number of hydrogen-bond acceptors (Lipinski definition) is 4. The Hall–Kier alpha value is -2.71. The van der Waals surface area contributed by atoms with Crippen LogP contribution in [-0.2, 0) is 19.3 Å². The van der Waals surface area contributed by atoms with E-state index in [2.05, 4.69) is 20.5 Å². The lowest BCUT2D eigenvalue weighted by Crippen LogP contribution is -2.42. The van der Waals surface area contributed by atoms with E-state index in [1.165, 1.54) is 0 Å². The van der Waals surface area contributed by atoms with Crippen LogP contribution in [0.15, 0.2) is 54.6 Å². The van der Waals surface area contributed by atoms with Gasteiger partial charge in [0.05, 0.1) is 17.3 Å². The molecule has 0 unspecified atom stereocenters. The fourth-order valence-electron chi connectivity index (χ4n) is 4.29. The van der Waals surface area contributed by atoms with E-state index in [-0.39, 0.29) is 12.1 Å². The molecule has 2 aliphatic heterocycles. The van der Waals surface area contributed by atoms with Gasteiger partial charge in [-0.05, 0) is 17.7 Å². The Morgan fingerprint density at radius 3 is 2.48 bits per heavy atom. The van der Waals surface area contributed by atoms with E-state index >= 15 is 0 Å². The van der Waals surface area contributed by atoms with E-state index in [9.17, 15) is 13.2 Å². The van der Waals surface area contributed by atoms with Gasteiger partial charge in [0.2, 0.25) is 0 Å². The van der Waals surface area contributed by atoms with Gasteiger partial charge < -0.3 is 5.32 Å². The first-order valence-corrected chi connectivity index (χ1v) is 9.60. The van der Waals surface area contributed by atoms with E-state index in [1.807, 2.05) is 35.0 Å². The molecule has 3 heterocycles. The van der Waals surface area contributed by atoms with Gasteiger partial charge in [0.25, 0.3) is 0 Å². The summed E-state index contributed by atoms with van der Waals surface area (Å²) in [5, 5.41) is 12.4. The molecule has 0 bridgehead atoms. The third-order valence-corrected chi connectivity index (χ3v) is 5.74. The van der Waals surface area contributed by atoms with Gasteiger partial charge >= 0.3 is 6.18 Å². The first kappa shape index (κ1) is 18.3. The van der Waals surface area contributed by atoms with E-state index in [0.29, 0.717) is 13.1 Å². The van der Waals surface area contributed by atoms with Crippen molar-refractivity contribution in [1.29, 1.82) is 0 Å². The molecule has 1 saturated heterocycles. The highest BCUT2D eigenvalue weighted by molar-refractivity contribution is 5.61. The molecule has 2 atom stereocenters. The molecule has 0 spiro atoms. The molecular weight excluding hydrogens is 379 g/mol. The number of alkyl halides is 3. The van der Waals surface area contributed by atoms with Crippen LogP contribution < -0.4 is 5.32 Å². The summed E-state index contributed by atoms with van der Waals surface area (Å²) >= 11 is 0. The minimum Gasteiger partial charge on any atom is -0.305 e. The second-order valence-electron chi connectivity index (χ2n) is 7.64. The van der Waals surface area contributed by atoms with Crippen molar-refractivity contribution in [3.05, 3.63) is 71.4 Å². The smallest absolute Gasteiger partial charge is 0.305 e. The van der Waals surface area contributed by atoms with Crippen molar-refractivity contribution in [1.82, 2.24) is 25.2 Å². The zero-order valence-corrected chi connectivity index (χ0v) is 15.6. The molecule has 8 heteroatoms. The molecule has 0 amide bonds. The number of fused-ring (bicyclic) bond motifs is 3. The van der Waals surface area contributed by atoms with E-state index in [0.717, 1.165) is 47.7 Å². The lowest BCUT2D eigenvalue weighted by atomic mass is 10.1. The van der Waals surface area contributed by atoms with E-state index in [1.54, 1.807) is 12.1 Å². The largest absolute Gasteiger partial charge is 0.416 e. The maximum atomic E-state index is 12.8. The number of aromatic nitrogens is 3. The maximum absolute atomic E-state index is 12.8. The van der Waals surface area contributed by atoms with Crippen LogP contribution in [0.5, 0.6) is 0 Å². The number of rotatable bonds is 3. The third kappa shape index (κ3) is 3.42. The number of benzene rings is 2. The van der Waals surface area contributed by atoms with E-state index in [4.69, 9.17) is 0 Å². The molecule has 2 aliphatic rings. The molecule has 5 rings (SSSR count). The summed E-state index contributed by atoms with van der Waals surface area (Å²) in [6, 6.07) is 15.9. The highest BCUT2D eigenvalue weighted by Gasteiger charge is 2.39. The summed E-state index contributed by atoms with van der Waals surface area (Å²) in [7, 11) is 0.